The average molecular weight is 208 g/mol. The minimum Gasteiger partial charge on any atom is -0.337 e. The summed E-state index contributed by atoms with van der Waals surface area (Å²) in [6.45, 7) is 2.70. The highest BCUT2D eigenvalue weighted by atomic mass is 16.2. The maximum Gasteiger partial charge on any atom is 0.239 e. The normalized spacial score (nSPS) is 27.5. The Balaban J connectivity index is 1.90. The fourth-order valence-electron chi connectivity index (χ4n) is 2.30. The molecule has 1 atom stereocenters. The van der Waals surface area contributed by atoms with Gasteiger partial charge in [-0.05, 0) is 25.8 Å². The maximum atomic E-state index is 12.1. The third kappa shape index (κ3) is 2.81. The number of carbonyl (C=O) groups excluding carboxylic acids is 1. The molecule has 0 spiro atoms. The molecule has 3 heteroatoms. The first-order chi connectivity index (χ1) is 7.38. The zero-order chi connectivity index (χ0) is 10.5. The summed E-state index contributed by atoms with van der Waals surface area (Å²) in [6.07, 6.45) is 9.94. The van der Waals surface area contributed by atoms with E-state index in [2.05, 4.69) is 17.5 Å². The summed E-state index contributed by atoms with van der Waals surface area (Å²) in [7, 11) is 0. The third-order valence-electron chi connectivity index (χ3n) is 3.23. The van der Waals surface area contributed by atoms with Gasteiger partial charge in [0.25, 0.3) is 0 Å². The molecule has 1 saturated heterocycles. The summed E-state index contributed by atoms with van der Waals surface area (Å²) < 4.78 is 0. The predicted octanol–water partition coefficient (Wildman–Crippen LogP) is 1.31. The molecular weight excluding hydrogens is 188 g/mol. The van der Waals surface area contributed by atoms with Crippen molar-refractivity contribution in [3.8, 4) is 0 Å². The van der Waals surface area contributed by atoms with Crippen LogP contribution < -0.4 is 5.32 Å². The van der Waals surface area contributed by atoms with Crippen LogP contribution in [0.1, 0.15) is 32.1 Å². The van der Waals surface area contributed by atoms with Gasteiger partial charge in [-0.25, -0.2) is 0 Å². The van der Waals surface area contributed by atoms with E-state index in [4.69, 9.17) is 0 Å². The SMILES string of the molecule is O=C(C1CCCCCN1)N1CC=CCC1. The molecule has 0 saturated carbocycles. The van der Waals surface area contributed by atoms with Gasteiger partial charge in [0.05, 0.1) is 6.04 Å². The monoisotopic (exact) mass is 208 g/mol. The number of hydrogen-bond donors (Lipinski definition) is 1. The Bertz CT molecular complexity index is 242. The van der Waals surface area contributed by atoms with Gasteiger partial charge in [0.1, 0.15) is 0 Å². The highest BCUT2D eigenvalue weighted by Gasteiger charge is 2.24. The van der Waals surface area contributed by atoms with Crippen molar-refractivity contribution in [2.24, 2.45) is 0 Å². The molecule has 0 aliphatic carbocycles. The molecule has 1 fully saturated rings. The van der Waals surface area contributed by atoms with Gasteiger partial charge in [-0.1, -0.05) is 25.0 Å². The molecule has 3 nitrogen and oxygen atoms in total. The van der Waals surface area contributed by atoms with Crippen LogP contribution in [0.4, 0.5) is 0 Å². The number of nitrogens with one attached hydrogen (secondary N) is 1. The van der Waals surface area contributed by atoms with Gasteiger partial charge in [-0.2, -0.15) is 0 Å². The Kier molecular flexibility index (Phi) is 3.78. The summed E-state index contributed by atoms with van der Waals surface area (Å²) in [5, 5.41) is 3.36. The van der Waals surface area contributed by atoms with E-state index < -0.39 is 0 Å². The molecule has 0 radical (unpaired) electrons. The molecule has 0 aromatic carbocycles. The molecule has 84 valence electrons. The molecule has 15 heavy (non-hydrogen) atoms. The van der Waals surface area contributed by atoms with Crippen molar-refractivity contribution in [2.45, 2.75) is 38.1 Å². The second-order valence-corrected chi connectivity index (χ2v) is 4.40. The summed E-state index contributed by atoms with van der Waals surface area (Å²) in [5.74, 6) is 0.307. The van der Waals surface area contributed by atoms with Crippen LogP contribution in [0.2, 0.25) is 0 Å². The van der Waals surface area contributed by atoms with Crippen molar-refractivity contribution in [3.05, 3.63) is 12.2 Å². The average Bonchev–Trinajstić information content (AvgIpc) is 2.58. The van der Waals surface area contributed by atoms with Gasteiger partial charge >= 0.3 is 0 Å². The molecule has 0 aromatic heterocycles. The van der Waals surface area contributed by atoms with Crippen LogP contribution in [0.5, 0.6) is 0 Å². The van der Waals surface area contributed by atoms with Crippen LogP contribution in [0.3, 0.4) is 0 Å². The molecule has 2 aliphatic rings. The first kappa shape index (κ1) is 10.7. The highest BCUT2D eigenvalue weighted by Crippen LogP contribution is 2.12. The summed E-state index contributed by atoms with van der Waals surface area (Å²) in [5.41, 5.74) is 0. The molecule has 1 N–H and O–H groups in total. The maximum absolute atomic E-state index is 12.1. The van der Waals surface area contributed by atoms with E-state index >= 15 is 0 Å². The van der Waals surface area contributed by atoms with E-state index in [1.165, 1.54) is 19.3 Å². The van der Waals surface area contributed by atoms with E-state index in [1.54, 1.807) is 0 Å². The van der Waals surface area contributed by atoms with Crippen molar-refractivity contribution in [3.63, 3.8) is 0 Å². The number of amides is 1. The van der Waals surface area contributed by atoms with Gasteiger partial charge in [0, 0.05) is 13.1 Å². The van der Waals surface area contributed by atoms with E-state index in [0.29, 0.717) is 5.91 Å². The Morgan fingerprint density at radius 1 is 1.27 bits per heavy atom. The molecule has 2 aliphatic heterocycles. The minimum atomic E-state index is 0.0824. The molecule has 0 aromatic rings. The minimum absolute atomic E-state index is 0.0824. The van der Waals surface area contributed by atoms with Crippen molar-refractivity contribution in [1.82, 2.24) is 10.2 Å². The standard InChI is InChI=1S/C12H20N2O/c15-12(14-9-5-2-6-10-14)11-7-3-1-4-8-13-11/h2,5,11,13H,1,3-4,6-10H2. The lowest BCUT2D eigenvalue weighted by Crippen LogP contribution is -2.47. The van der Waals surface area contributed by atoms with Crippen LogP contribution in [0.25, 0.3) is 0 Å². The molecule has 2 heterocycles. The van der Waals surface area contributed by atoms with Gasteiger partial charge in [-0.15, -0.1) is 0 Å². The fourth-order valence-corrected chi connectivity index (χ4v) is 2.30. The number of nitrogens with zero attached hydrogens (tertiary/aromatic N) is 1. The predicted molar refractivity (Wildman–Crippen MR) is 60.6 cm³/mol. The van der Waals surface area contributed by atoms with Crippen LogP contribution in [0.15, 0.2) is 12.2 Å². The lowest BCUT2D eigenvalue weighted by molar-refractivity contribution is -0.133. The van der Waals surface area contributed by atoms with E-state index in [1.807, 2.05) is 4.90 Å². The Hall–Kier alpha value is -0.830. The lowest BCUT2D eigenvalue weighted by Gasteiger charge is -2.27. The van der Waals surface area contributed by atoms with Crippen molar-refractivity contribution >= 4 is 5.91 Å². The number of hydrogen-bond acceptors (Lipinski definition) is 2. The largest absolute Gasteiger partial charge is 0.337 e. The molecule has 1 amide bonds. The number of rotatable bonds is 1. The Labute approximate surface area is 91.5 Å². The quantitative estimate of drug-likeness (QED) is 0.659. The highest BCUT2D eigenvalue weighted by molar-refractivity contribution is 5.82. The molecular formula is C12H20N2O. The van der Waals surface area contributed by atoms with Crippen molar-refractivity contribution < 1.29 is 4.79 Å². The van der Waals surface area contributed by atoms with Crippen LogP contribution in [0, 0.1) is 0 Å². The first-order valence-electron chi connectivity index (χ1n) is 6.05. The first-order valence-corrected chi connectivity index (χ1v) is 6.05. The second kappa shape index (κ2) is 5.31. The van der Waals surface area contributed by atoms with Gasteiger partial charge in [0.2, 0.25) is 5.91 Å². The van der Waals surface area contributed by atoms with E-state index in [9.17, 15) is 4.79 Å². The fraction of sp³-hybridized carbons (Fsp3) is 0.750. The third-order valence-corrected chi connectivity index (χ3v) is 3.23. The van der Waals surface area contributed by atoms with Crippen LogP contribution in [-0.4, -0.2) is 36.5 Å². The summed E-state index contributed by atoms with van der Waals surface area (Å²) in [6, 6.07) is 0.0824. The number of carbonyl (C=O) groups is 1. The van der Waals surface area contributed by atoms with Gasteiger partial charge in [0.15, 0.2) is 0 Å². The Morgan fingerprint density at radius 2 is 2.20 bits per heavy atom. The summed E-state index contributed by atoms with van der Waals surface area (Å²) >= 11 is 0. The van der Waals surface area contributed by atoms with Gasteiger partial charge in [-0.3, -0.25) is 4.79 Å². The van der Waals surface area contributed by atoms with Crippen molar-refractivity contribution in [2.75, 3.05) is 19.6 Å². The summed E-state index contributed by atoms with van der Waals surface area (Å²) in [4.78, 5) is 14.1. The van der Waals surface area contributed by atoms with Gasteiger partial charge < -0.3 is 10.2 Å². The zero-order valence-corrected chi connectivity index (χ0v) is 9.24. The molecule has 2 rings (SSSR count). The Morgan fingerprint density at radius 3 is 3.00 bits per heavy atom. The van der Waals surface area contributed by atoms with Crippen molar-refractivity contribution in [1.29, 1.82) is 0 Å². The topological polar surface area (TPSA) is 32.3 Å². The van der Waals surface area contributed by atoms with Crippen LogP contribution in [-0.2, 0) is 4.79 Å². The smallest absolute Gasteiger partial charge is 0.239 e. The molecule has 0 bridgehead atoms. The van der Waals surface area contributed by atoms with E-state index in [0.717, 1.165) is 32.5 Å². The molecule has 1 unspecified atom stereocenters. The van der Waals surface area contributed by atoms with Crippen LogP contribution >= 0.6 is 0 Å². The lowest BCUT2D eigenvalue weighted by atomic mass is 10.1. The second-order valence-electron chi connectivity index (χ2n) is 4.40. The zero-order valence-electron chi connectivity index (χ0n) is 9.24. The van der Waals surface area contributed by atoms with E-state index in [-0.39, 0.29) is 6.04 Å².